The Hall–Kier alpha value is -2.21. The molecule has 3 rings (SSSR count). The van der Waals surface area contributed by atoms with Gasteiger partial charge in [0.2, 0.25) is 5.91 Å². The van der Waals surface area contributed by atoms with Crippen LogP contribution in [-0.4, -0.2) is 22.0 Å². The molecule has 0 radical (unpaired) electrons. The molecule has 6 heteroatoms. The van der Waals surface area contributed by atoms with Gasteiger partial charge >= 0.3 is 5.97 Å². The van der Waals surface area contributed by atoms with Crippen molar-refractivity contribution in [3.63, 3.8) is 0 Å². The molecule has 0 saturated heterocycles. The van der Waals surface area contributed by atoms with Gasteiger partial charge in [-0.1, -0.05) is 19.3 Å². The maximum absolute atomic E-state index is 12.3. The van der Waals surface area contributed by atoms with Gasteiger partial charge < -0.3 is 10.4 Å². The number of benzene rings is 1. The summed E-state index contributed by atoms with van der Waals surface area (Å²) in [6.45, 7) is 0. The van der Waals surface area contributed by atoms with E-state index in [1.165, 1.54) is 17.8 Å². The molecule has 126 valence electrons. The average Bonchev–Trinajstić information content (AvgIpc) is 3.04. The zero-order valence-electron chi connectivity index (χ0n) is 13.3. The lowest BCUT2D eigenvalue weighted by molar-refractivity contribution is -0.136. The summed E-state index contributed by atoms with van der Waals surface area (Å²) in [6.07, 6.45) is 5.41. The molecule has 1 aliphatic rings. The van der Waals surface area contributed by atoms with Crippen LogP contribution in [0.2, 0.25) is 0 Å². The fourth-order valence-electron chi connectivity index (χ4n) is 2.98. The molecule has 1 saturated carbocycles. The van der Waals surface area contributed by atoms with Crippen molar-refractivity contribution in [1.82, 2.24) is 4.98 Å². The largest absolute Gasteiger partial charge is 0.481 e. The maximum Gasteiger partial charge on any atom is 0.309 e. The van der Waals surface area contributed by atoms with E-state index in [-0.39, 0.29) is 18.2 Å². The minimum absolute atomic E-state index is 0.0635. The summed E-state index contributed by atoms with van der Waals surface area (Å²) in [7, 11) is 0. The molecule has 1 fully saturated rings. The number of thiazole rings is 1. The first-order valence-electron chi connectivity index (χ1n) is 8.19. The molecule has 1 aromatic heterocycles. The Labute approximate surface area is 144 Å². The van der Waals surface area contributed by atoms with Gasteiger partial charge in [-0.2, -0.15) is 0 Å². The standard InChI is InChI=1S/C18H20N2O3S/c21-16(22)10-15-11-24-18(20-15)13-6-8-14(9-7-13)19-17(23)12-4-2-1-3-5-12/h6-9,11-12H,1-5,10H2,(H,19,23)(H,21,22). The number of hydrogen-bond donors (Lipinski definition) is 2. The molecule has 1 heterocycles. The Morgan fingerprint density at radius 3 is 2.54 bits per heavy atom. The van der Waals surface area contributed by atoms with Gasteiger partial charge in [0.1, 0.15) is 5.01 Å². The highest BCUT2D eigenvalue weighted by Gasteiger charge is 2.21. The molecule has 0 aliphatic heterocycles. The number of carbonyl (C=O) groups is 2. The summed E-state index contributed by atoms with van der Waals surface area (Å²) < 4.78 is 0. The third kappa shape index (κ3) is 4.20. The van der Waals surface area contributed by atoms with Crippen molar-refractivity contribution in [3.05, 3.63) is 35.3 Å². The number of nitrogens with zero attached hydrogens (tertiary/aromatic N) is 1. The van der Waals surface area contributed by atoms with Crippen LogP contribution in [0.15, 0.2) is 29.6 Å². The zero-order chi connectivity index (χ0) is 16.9. The molecule has 0 bridgehead atoms. The number of carbonyl (C=O) groups excluding carboxylic acids is 1. The second kappa shape index (κ2) is 7.57. The van der Waals surface area contributed by atoms with Crippen molar-refractivity contribution in [2.45, 2.75) is 38.5 Å². The Morgan fingerprint density at radius 1 is 1.17 bits per heavy atom. The van der Waals surface area contributed by atoms with E-state index < -0.39 is 5.97 Å². The van der Waals surface area contributed by atoms with Gasteiger partial charge in [0.25, 0.3) is 0 Å². The number of anilines is 1. The van der Waals surface area contributed by atoms with Gasteiger partial charge in [0.15, 0.2) is 0 Å². The van der Waals surface area contributed by atoms with Gasteiger partial charge in [0, 0.05) is 22.5 Å². The lowest BCUT2D eigenvalue weighted by atomic mass is 9.88. The average molecular weight is 344 g/mol. The third-order valence-corrected chi connectivity index (χ3v) is 5.20. The number of rotatable bonds is 5. The number of aromatic nitrogens is 1. The lowest BCUT2D eigenvalue weighted by Crippen LogP contribution is -2.24. The molecule has 5 nitrogen and oxygen atoms in total. The van der Waals surface area contributed by atoms with E-state index in [1.54, 1.807) is 5.38 Å². The quantitative estimate of drug-likeness (QED) is 0.860. The van der Waals surface area contributed by atoms with E-state index in [2.05, 4.69) is 10.3 Å². The smallest absolute Gasteiger partial charge is 0.309 e. The Balaban J connectivity index is 1.63. The van der Waals surface area contributed by atoms with Crippen molar-refractivity contribution < 1.29 is 14.7 Å². The van der Waals surface area contributed by atoms with Gasteiger partial charge in [-0.05, 0) is 37.1 Å². The van der Waals surface area contributed by atoms with E-state index in [0.29, 0.717) is 5.69 Å². The maximum atomic E-state index is 12.3. The van der Waals surface area contributed by atoms with Crippen molar-refractivity contribution in [2.24, 2.45) is 5.92 Å². The number of carboxylic acid groups (broad SMARTS) is 1. The molecule has 2 aromatic rings. The summed E-state index contributed by atoms with van der Waals surface area (Å²) in [6, 6.07) is 7.54. The van der Waals surface area contributed by atoms with E-state index in [9.17, 15) is 9.59 Å². The Kier molecular flexibility index (Phi) is 5.25. The molecule has 1 aliphatic carbocycles. The first kappa shape index (κ1) is 16.6. The summed E-state index contributed by atoms with van der Waals surface area (Å²) >= 11 is 1.43. The van der Waals surface area contributed by atoms with Crippen LogP contribution < -0.4 is 5.32 Å². The Bertz CT molecular complexity index is 718. The van der Waals surface area contributed by atoms with Crippen LogP contribution in [-0.2, 0) is 16.0 Å². The molecule has 1 aromatic carbocycles. The molecule has 0 unspecified atom stereocenters. The van der Waals surface area contributed by atoms with Crippen molar-refractivity contribution in [2.75, 3.05) is 5.32 Å². The van der Waals surface area contributed by atoms with E-state index in [4.69, 9.17) is 5.11 Å². The number of hydrogen-bond acceptors (Lipinski definition) is 4. The molecular formula is C18H20N2O3S. The first-order chi connectivity index (χ1) is 11.6. The fourth-order valence-corrected chi connectivity index (χ4v) is 3.81. The van der Waals surface area contributed by atoms with Crippen LogP contribution >= 0.6 is 11.3 Å². The van der Waals surface area contributed by atoms with Crippen LogP contribution in [0.25, 0.3) is 10.6 Å². The van der Waals surface area contributed by atoms with Crippen LogP contribution in [0.3, 0.4) is 0 Å². The molecule has 1 amide bonds. The van der Waals surface area contributed by atoms with E-state index in [1.807, 2.05) is 24.3 Å². The highest BCUT2D eigenvalue weighted by Crippen LogP contribution is 2.27. The zero-order valence-corrected chi connectivity index (χ0v) is 14.1. The second-order valence-electron chi connectivity index (χ2n) is 6.12. The predicted molar refractivity (Wildman–Crippen MR) is 94.1 cm³/mol. The summed E-state index contributed by atoms with van der Waals surface area (Å²) in [5, 5.41) is 14.3. The fraction of sp³-hybridized carbons (Fsp3) is 0.389. The Morgan fingerprint density at radius 2 is 1.88 bits per heavy atom. The summed E-state index contributed by atoms with van der Waals surface area (Å²) in [4.78, 5) is 27.3. The highest BCUT2D eigenvalue weighted by atomic mass is 32.1. The van der Waals surface area contributed by atoms with Gasteiger partial charge in [-0.3, -0.25) is 9.59 Å². The molecule has 0 spiro atoms. The van der Waals surface area contributed by atoms with Crippen LogP contribution in [0.5, 0.6) is 0 Å². The topological polar surface area (TPSA) is 79.3 Å². The molecular weight excluding hydrogens is 324 g/mol. The van der Waals surface area contributed by atoms with Crippen molar-refractivity contribution in [3.8, 4) is 10.6 Å². The normalized spacial score (nSPS) is 15.2. The van der Waals surface area contributed by atoms with Gasteiger partial charge in [0.05, 0.1) is 12.1 Å². The summed E-state index contributed by atoms with van der Waals surface area (Å²) in [5.74, 6) is -0.635. The number of aliphatic carboxylic acids is 1. The third-order valence-electron chi connectivity index (χ3n) is 4.26. The summed E-state index contributed by atoms with van der Waals surface area (Å²) in [5.41, 5.74) is 2.28. The lowest BCUT2D eigenvalue weighted by Gasteiger charge is -2.20. The van der Waals surface area contributed by atoms with Gasteiger partial charge in [-0.15, -0.1) is 11.3 Å². The van der Waals surface area contributed by atoms with Gasteiger partial charge in [-0.25, -0.2) is 4.98 Å². The molecule has 2 N–H and O–H groups in total. The minimum Gasteiger partial charge on any atom is -0.481 e. The minimum atomic E-state index is -0.882. The van der Waals surface area contributed by atoms with Crippen LogP contribution in [0.1, 0.15) is 37.8 Å². The number of amides is 1. The van der Waals surface area contributed by atoms with Crippen LogP contribution in [0.4, 0.5) is 5.69 Å². The van der Waals surface area contributed by atoms with Crippen molar-refractivity contribution >= 4 is 28.9 Å². The van der Waals surface area contributed by atoms with Crippen molar-refractivity contribution in [1.29, 1.82) is 0 Å². The SMILES string of the molecule is O=C(O)Cc1csc(-c2ccc(NC(=O)C3CCCCC3)cc2)n1. The monoisotopic (exact) mass is 344 g/mol. The van der Waals surface area contributed by atoms with E-state index >= 15 is 0 Å². The first-order valence-corrected chi connectivity index (χ1v) is 9.07. The number of nitrogens with one attached hydrogen (secondary N) is 1. The van der Waals surface area contributed by atoms with E-state index in [0.717, 1.165) is 41.9 Å². The van der Waals surface area contributed by atoms with Crippen LogP contribution in [0, 0.1) is 5.92 Å². The molecule has 0 atom stereocenters. The highest BCUT2D eigenvalue weighted by molar-refractivity contribution is 7.13. The predicted octanol–water partition coefficient (Wildman–Crippen LogP) is 3.96. The second-order valence-corrected chi connectivity index (χ2v) is 6.97. The number of carboxylic acids is 1. The molecule has 24 heavy (non-hydrogen) atoms.